The molecule has 2 aromatic carbocycles. The van der Waals surface area contributed by atoms with Crippen molar-refractivity contribution < 1.29 is 58.5 Å². The van der Waals surface area contributed by atoms with E-state index in [1.165, 1.54) is 18.3 Å². The zero-order valence-corrected chi connectivity index (χ0v) is 30.0. The van der Waals surface area contributed by atoms with Gasteiger partial charge in [0.2, 0.25) is 0 Å². The van der Waals surface area contributed by atoms with E-state index in [0.717, 1.165) is 40.0 Å². The van der Waals surface area contributed by atoms with Gasteiger partial charge in [-0.2, -0.15) is 0 Å². The van der Waals surface area contributed by atoms with Crippen molar-refractivity contribution in [3.63, 3.8) is 0 Å². The quantitative estimate of drug-likeness (QED) is 0.0814. The fourth-order valence-electron chi connectivity index (χ4n) is 5.18. The van der Waals surface area contributed by atoms with E-state index in [-0.39, 0.29) is 39.8 Å². The molecule has 0 bridgehead atoms. The number of thiazole rings is 2. The summed E-state index contributed by atoms with van der Waals surface area (Å²) in [5.74, 6) is -0.996. The van der Waals surface area contributed by atoms with Crippen molar-refractivity contribution >= 4 is 85.7 Å². The molecule has 2 aromatic heterocycles. The number of hydrogen-bond acceptors (Lipinski definition) is 17. The predicted octanol–water partition coefficient (Wildman–Crippen LogP) is 3.61. The highest BCUT2D eigenvalue weighted by Crippen LogP contribution is 2.35. The molecule has 2 aliphatic rings. The Balaban J connectivity index is 0.000000189. The number of aliphatic carboxylic acids is 1. The standard InChI is InChI=1S/C13H11BN2O7S.C12H15BO5.C3HBrN2O2S/c1-6-2-7(22-13-15-5-10(24-13)16(20)21)3-8-12(6)9(4-11(17)18)23-14(8)19;1-3-17-11(15)6-10-12-7(2)4-8(14)5-9(12)13(16)18-10;4-3-5-1-2(9-3)6(7)8/h2-3,5,9,19H,4H2,1H3,(H,17,18);4-5,10,14,16H,3,6H2,1-2H3;1H. The van der Waals surface area contributed by atoms with E-state index in [1.807, 2.05) is 0 Å². The average Bonchev–Trinajstić information content (AvgIpc) is 3.81. The number of carbonyl (C=O) groups excluding carboxylic acids is 1. The van der Waals surface area contributed by atoms with Crippen LogP contribution in [0.5, 0.6) is 16.7 Å². The van der Waals surface area contributed by atoms with Gasteiger partial charge >= 0.3 is 36.2 Å². The van der Waals surface area contributed by atoms with Gasteiger partial charge < -0.3 is 39.0 Å². The van der Waals surface area contributed by atoms with E-state index in [4.69, 9.17) is 23.9 Å². The van der Waals surface area contributed by atoms with Gasteiger partial charge in [-0.25, -0.2) is 9.97 Å². The van der Waals surface area contributed by atoms with Crippen LogP contribution in [0.15, 0.2) is 40.6 Å². The number of fused-ring (bicyclic) bond motifs is 2. The second-order valence-electron chi connectivity index (χ2n) is 10.6. The van der Waals surface area contributed by atoms with Crippen molar-refractivity contribution in [3.05, 3.63) is 83.1 Å². The third-order valence-electron chi connectivity index (χ3n) is 7.08. The number of halogens is 1. The molecule has 2 atom stereocenters. The number of aromatic nitrogens is 2. The summed E-state index contributed by atoms with van der Waals surface area (Å²) >= 11 is 4.79. The largest absolute Gasteiger partial charge is 0.508 e. The first-order valence-electron chi connectivity index (χ1n) is 14.6. The van der Waals surface area contributed by atoms with Crippen LogP contribution in [-0.2, 0) is 23.6 Å². The van der Waals surface area contributed by atoms with E-state index in [1.54, 1.807) is 32.9 Å². The van der Waals surface area contributed by atoms with Gasteiger partial charge in [-0.15, -0.1) is 0 Å². The van der Waals surface area contributed by atoms with Gasteiger partial charge in [0.05, 0.1) is 41.5 Å². The zero-order chi connectivity index (χ0) is 37.6. The number of carboxylic acid groups (broad SMARTS) is 1. The third kappa shape index (κ3) is 10.1. The minimum atomic E-state index is -1.25. The predicted molar refractivity (Wildman–Crippen MR) is 186 cm³/mol. The lowest BCUT2D eigenvalue weighted by Crippen LogP contribution is -2.28. The number of carboxylic acids is 1. The lowest BCUT2D eigenvalue weighted by Gasteiger charge is -2.13. The minimum Gasteiger partial charge on any atom is -0.508 e. The Morgan fingerprint density at radius 2 is 1.47 bits per heavy atom. The van der Waals surface area contributed by atoms with Crippen molar-refractivity contribution in [2.45, 2.75) is 45.8 Å². The number of carbonyl (C=O) groups is 2. The molecule has 4 heterocycles. The SMILES string of the molecule is CCOC(=O)CC1OB(O)c2cc(O)cc(C)c21.Cc1cc(Oc2ncc([N+](=O)[O-])s2)cc2c1C(CC(=O)O)OB2O.O=[N+]([O-])c1cnc(Br)s1. The van der Waals surface area contributed by atoms with E-state index in [0.29, 0.717) is 38.3 Å². The number of aryl methyl sites for hydroxylation is 2. The maximum Gasteiger partial charge on any atom is 0.492 e. The maximum absolute atomic E-state index is 11.5. The third-order valence-corrected chi connectivity index (χ3v) is 9.33. The molecule has 0 spiro atoms. The number of phenolic OH excluding ortho intramolecular Hbond substituents is 1. The van der Waals surface area contributed by atoms with Gasteiger partial charge in [0.1, 0.15) is 23.9 Å². The number of rotatable bonds is 9. The van der Waals surface area contributed by atoms with E-state index in [9.17, 15) is 45.0 Å². The molecule has 2 unspecified atom stereocenters. The van der Waals surface area contributed by atoms with Gasteiger partial charge in [-0.05, 0) is 117 Å². The second-order valence-corrected chi connectivity index (χ2v) is 13.9. The molecule has 0 amide bonds. The lowest BCUT2D eigenvalue weighted by molar-refractivity contribution is -0.380. The van der Waals surface area contributed by atoms with Crippen molar-refractivity contribution in [1.29, 1.82) is 0 Å². The van der Waals surface area contributed by atoms with Crippen LogP contribution in [0.3, 0.4) is 0 Å². The molecule has 18 nitrogen and oxygen atoms in total. The normalized spacial score (nSPS) is 15.5. The molecule has 2 aliphatic heterocycles. The topological polar surface area (TPSA) is 264 Å². The first kappa shape index (κ1) is 39.3. The first-order valence-corrected chi connectivity index (χ1v) is 17.1. The van der Waals surface area contributed by atoms with Gasteiger partial charge in [0.25, 0.3) is 5.19 Å². The fourth-order valence-corrected chi connectivity index (χ4v) is 6.84. The van der Waals surface area contributed by atoms with Crippen LogP contribution in [0.25, 0.3) is 0 Å². The van der Waals surface area contributed by atoms with Gasteiger partial charge in [-0.1, -0.05) is 0 Å². The number of benzene rings is 2. The summed E-state index contributed by atoms with van der Waals surface area (Å²) in [6.07, 6.45) is 0.862. The van der Waals surface area contributed by atoms with Gasteiger partial charge in [0.15, 0.2) is 3.92 Å². The summed E-state index contributed by atoms with van der Waals surface area (Å²) in [6, 6.07) is 6.20. The van der Waals surface area contributed by atoms with Crippen LogP contribution in [0.4, 0.5) is 10.0 Å². The summed E-state index contributed by atoms with van der Waals surface area (Å²) in [4.78, 5) is 49.4. The molecular formula is C28H27B2BrN4O14S2. The fraction of sp³-hybridized carbons (Fsp3) is 0.286. The first-order chi connectivity index (χ1) is 24.1. The number of nitro groups is 2. The van der Waals surface area contributed by atoms with Crippen LogP contribution >= 0.6 is 38.6 Å². The number of phenols is 1. The Morgan fingerprint density at radius 3 is 1.98 bits per heavy atom. The number of aromatic hydroxyl groups is 1. The molecule has 4 aromatic rings. The van der Waals surface area contributed by atoms with Crippen LogP contribution in [0, 0.1) is 34.1 Å². The molecule has 6 rings (SSSR count). The van der Waals surface area contributed by atoms with Crippen molar-refractivity contribution in [3.8, 4) is 16.7 Å². The molecule has 268 valence electrons. The molecule has 0 radical (unpaired) electrons. The number of nitrogens with zero attached hydrogens (tertiary/aromatic N) is 4. The van der Waals surface area contributed by atoms with Gasteiger partial charge in [0, 0.05) is 0 Å². The summed E-state index contributed by atoms with van der Waals surface area (Å²) in [5.41, 5.74) is 3.78. The van der Waals surface area contributed by atoms with E-state index >= 15 is 0 Å². The van der Waals surface area contributed by atoms with Crippen molar-refractivity contribution in [2.24, 2.45) is 0 Å². The molecule has 0 saturated heterocycles. The maximum atomic E-state index is 11.5. The minimum absolute atomic E-state index is 0.0573. The summed E-state index contributed by atoms with van der Waals surface area (Å²) < 4.78 is 21.5. The van der Waals surface area contributed by atoms with Crippen LogP contribution in [0.1, 0.15) is 54.2 Å². The summed E-state index contributed by atoms with van der Waals surface area (Å²) in [5, 5.41) is 58.8. The molecule has 4 N–H and O–H groups in total. The Kier molecular flexibility index (Phi) is 13.2. The Hall–Kier alpha value is -4.51. The average molecular weight is 809 g/mol. The molecule has 0 aliphatic carbocycles. The molecule has 51 heavy (non-hydrogen) atoms. The van der Waals surface area contributed by atoms with Crippen LogP contribution in [-0.4, -0.2) is 72.9 Å². The molecular weight excluding hydrogens is 782 g/mol. The number of esters is 1. The highest BCUT2D eigenvalue weighted by Gasteiger charge is 2.39. The number of hydrogen-bond donors (Lipinski definition) is 4. The smallest absolute Gasteiger partial charge is 0.492 e. The highest BCUT2D eigenvalue weighted by atomic mass is 79.9. The molecule has 23 heteroatoms. The summed E-state index contributed by atoms with van der Waals surface area (Å²) in [7, 11) is -2.36. The van der Waals surface area contributed by atoms with E-state index in [2.05, 4.69) is 25.9 Å². The summed E-state index contributed by atoms with van der Waals surface area (Å²) in [6.45, 7) is 5.60. The lowest BCUT2D eigenvalue weighted by atomic mass is 9.77. The number of ether oxygens (including phenoxy) is 2. The zero-order valence-electron chi connectivity index (χ0n) is 26.7. The van der Waals surface area contributed by atoms with E-state index < -0.39 is 42.3 Å². The Labute approximate surface area is 305 Å². The molecule has 0 fully saturated rings. The second kappa shape index (κ2) is 17.1. The Morgan fingerprint density at radius 1 is 0.922 bits per heavy atom. The van der Waals surface area contributed by atoms with Crippen molar-refractivity contribution in [1.82, 2.24) is 9.97 Å². The monoisotopic (exact) mass is 808 g/mol. The van der Waals surface area contributed by atoms with Crippen LogP contribution < -0.4 is 15.7 Å². The molecule has 0 saturated carbocycles. The van der Waals surface area contributed by atoms with Gasteiger partial charge in [-0.3, -0.25) is 29.8 Å². The van der Waals surface area contributed by atoms with Crippen molar-refractivity contribution in [2.75, 3.05) is 6.61 Å². The Bertz CT molecular complexity index is 1950. The van der Waals surface area contributed by atoms with Crippen LogP contribution in [0.2, 0.25) is 0 Å². The highest BCUT2D eigenvalue weighted by molar-refractivity contribution is 9.11.